The fourth-order valence-corrected chi connectivity index (χ4v) is 1.98. The first kappa shape index (κ1) is 13.1. The average molecular weight is 260 g/mol. The lowest BCUT2D eigenvalue weighted by Gasteiger charge is -2.08. The highest BCUT2D eigenvalue weighted by molar-refractivity contribution is 6.20. The van der Waals surface area contributed by atoms with Crippen molar-refractivity contribution in [3.63, 3.8) is 0 Å². The van der Waals surface area contributed by atoms with Crippen LogP contribution in [0.2, 0.25) is 0 Å². The minimum Gasteiger partial charge on any atom is -0.509 e. The molecule has 0 unspecified atom stereocenters. The number of esters is 1. The minimum absolute atomic E-state index is 0.0113. The van der Waals surface area contributed by atoms with Crippen LogP contribution in [-0.2, 0) is 16.0 Å². The Kier molecular flexibility index (Phi) is 3.85. The van der Waals surface area contributed by atoms with Crippen LogP contribution in [0, 0.1) is 0 Å². The first-order chi connectivity index (χ1) is 9.13. The second-order valence-electron chi connectivity index (χ2n) is 4.20. The van der Waals surface area contributed by atoms with Gasteiger partial charge in [0, 0.05) is 6.42 Å². The molecule has 0 amide bonds. The third kappa shape index (κ3) is 2.76. The zero-order chi connectivity index (χ0) is 13.8. The van der Waals surface area contributed by atoms with Crippen LogP contribution in [0.1, 0.15) is 12.5 Å². The molecule has 0 fully saturated rings. The summed E-state index contributed by atoms with van der Waals surface area (Å²) in [6, 6.07) is 9.08. The molecule has 0 aliphatic carbocycles. The van der Waals surface area contributed by atoms with Crippen LogP contribution in [-0.4, -0.2) is 29.6 Å². The van der Waals surface area contributed by atoms with E-state index in [2.05, 4.69) is 4.99 Å². The highest BCUT2D eigenvalue weighted by atomic mass is 16.5. The zero-order valence-electron chi connectivity index (χ0n) is 10.7. The van der Waals surface area contributed by atoms with Gasteiger partial charge in [0.1, 0.15) is 23.2 Å². The van der Waals surface area contributed by atoms with E-state index >= 15 is 0 Å². The van der Waals surface area contributed by atoms with Crippen molar-refractivity contribution in [2.24, 2.45) is 10.7 Å². The van der Waals surface area contributed by atoms with Crippen molar-refractivity contribution in [1.29, 1.82) is 0 Å². The molecule has 5 heteroatoms. The summed E-state index contributed by atoms with van der Waals surface area (Å²) in [5.74, 6) is -0.700. The van der Waals surface area contributed by atoms with Crippen molar-refractivity contribution in [3.05, 3.63) is 47.2 Å². The van der Waals surface area contributed by atoms with E-state index in [9.17, 15) is 9.90 Å². The molecule has 19 heavy (non-hydrogen) atoms. The molecule has 0 saturated carbocycles. The van der Waals surface area contributed by atoms with Crippen molar-refractivity contribution < 1.29 is 14.6 Å². The van der Waals surface area contributed by atoms with Gasteiger partial charge < -0.3 is 15.6 Å². The van der Waals surface area contributed by atoms with Gasteiger partial charge in [0.15, 0.2) is 0 Å². The summed E-state index contributed by atoms with van der Waals surface area (Å²) >= 11 is 0. The Morgan fingerprint density at radius 2 is 2.11 bits per heavy atom. The molecule has 0 spiro atoms. The highest BCUT2D eigenvalue weighted by Crippen LogP contribution is 2.22. The third-order valence-corrected chi connectivity index (χ3v) is 2.87. The predicted molar refractivity (Wildman–Crippen MR) is 71.8 cm³/mol. The topological polar surface area (TPSA) is 84.9 Å². The number of benzene rings is 1. The lowest BCUT2D eigenvalue weighted by atomic mass is 10.0. The molecule has 1 aromatic rings. The number of hydrogen-bond donors (Lipinski definition) is 2. The van der Waals surface area contributed by atoms with Crippen LogP contribution in [0.3, 0.4) is 0 Å². The molecule has 1 aliphatic heterocycles. The normalized spacial score (nSPS) is 18.4. The van der Waals surface area contributed by atoms with Gasteiger partial charge in [0.25, 0.3) is 0 Å². The molecule has 2 rings (SSSR count). The lowest BCUT2D eigenvalue weighted by molar-refractivity contribution is -0.138. The van der Waals surface area contributed by atoms with Gasteiger partial charge >= 0.3 is 5.97 Å². The summed E-state index contributed by atoms with van der Waals surface area (Å²) in [5.41, 5.74) is 6.68. The maximum atomic E-state index is 11.7. The molecule has 0 saturated heterocycles. The maximum absolute atomic E-state index is 11.7. The molecule has 0 aromatic heterocycles. The smallest absolute Gasteiger partial charge is 0.345 e. The summed E-state index contributed by atoms with van der Waals surface area (Å²) < 4.78 is 4.85. The molecule has 3 N–H and O–H groups in total. The number of amidine groups is 1. The number of hydrogen-bond acceptors (Lipinski definition) is 5. The number of aliphatic imine (C=N–C) groups is 1. The monoisotopic (exact) mass is 260 g/mol. The number of aliphatic hydroxyl groups excluding tert-OH is 1. The summed E-state index contributed by atoms with van der Waals surface area (Å²) in [5, 5.41) is 10.1. The van der Waals surface area contributed by atoms with Crippen molar-refractivity contribution in [3.8, 4) is 0 Å². The van der Waals surface area contributed by atoms with Gasteiger partial charge in [-0.15, -0.1) is 0 Å². The number of rotatable bonds is 4. The lowest BCUT2D eigenvalue weighted by Crippen LogP contribution is -2.21. The Hall–Kier alpha value is -2.30. The van der Waals surface area contributed by atoms with Crippen molar-refractivity contribution >= 4 is 11.8 Å². The number of nitrogens with two attached hydrogens (primary N) is 1. The van der Waals surface area contributed by atoms with E-state index in [0.717, 1.165) is 5.56 Å². The van der Waals surface area contributed by atoms with Crippen LogP contribution in [0.5, 0.6) is 0 Å². The molecule has 5 nitrogen and oxygen atoms in total. The van der Waals surface area contributed by atoms with Gasteiger partial charge in [-0.05, 0) is 12.5 Å². The van der Waals surface area contributed by atoms with E-state index in [-0.39, 0.29) is 23.8 Å². The Labute approximate surface area is 111 Å². The number of aliphatic hydroxyl groups is 1. The summed E-state index contributed by atoms with van der Waals surface area (Å²) in [6.07, 6.45) is 0.496. The standard InChI is InChI=1S/C14H16N2O3/c1-2-19-14(18)11-12(17)10(16-13(11)15)8-9-6-4-3-5-7-9/h3-7,10,17H,2,8H2,1H3,(H2,15,16)/t10-/m0/s1. The minimum atomic E-state index is -0.628. The van der Waals surface area contributed by atoms with Gasteiger partial charge in [-0.2, -0.15) is 0 Å². The number of nitrogens with zero attached hydrogens (tertiary/aromatic N) is 1. The maximum Gasteiger partial charge on any atom is 0.345 e. The quantitative estimate of drug-likeness (QED) is 0.800. The fourth-order valence-electron chi connectivity index (χ4n) is 1.98. The highest BCUT2D eigenvalue weighted by Gasteiger charge is 2.32. The first-order valence-corrected chi connectivity index (χ1v) is 6.11. The van der Waals surface area contributed by atoms with E-state index in [4.69, 9.17) is 10.5 Å². The SMILES string of the molecule is CCOC(=O)C1=C(O)[C@H](Cc2ccccc2)N=C1N. The van der Waals surface area contributed by atoms with Gasteiger partial charge in [-0.1, -0.05) is 30.3 Å². The Balaban J connectivity index is 2.19. The fraction of sp³-hybridized carbons (Fsp3) is 0.286. The molecular formula is C14H16N2O3. The first-order valence-electron chi connectivity index (χ1n) is 6.11. The second-order valence-corrected chi connectivity index (χ2v) is 4.20. The molecule has 0 radical (unpaired) electrons. The molecule has 1 atom stereocenters. The van der Waals surface area contributed by atoms with Crippen molar-refractivity contribution in [2.45, 2.75) is 19.4 Å². The van der Waals surface area contributed by atoms with Crippen LogP contribution in [0.4, 0.5) is 0 Å². The van der Waals surface area contributed by atoms with E-state index in [0.29, 0.717) is 6.42 Å². The van der Waals surface area contributed by atoms with Gasteiger partial charge in [0.05, 0.1) is 6.61 Å². The third-order valence-electron chi connectivity index (χ3n) is 2.87. The van der Waals surface area contributed by atoms with E-state index < -0.39 is 12.0 Å². The Morgan fingerprint density at radius 3 is 2.74 bits per heavy atom. The molecule has 100 valence electrons. The zero-order valence-corrected chi connectivity index (χ0v) is 10.7. The summed E-state index contributed by atoms with van der Waals surface area (Å²) in [4.78, 5) is 15.8. The van der Waals surface area contributed by atoms with Crippen LogP contribution in [0.25, 0.3) is 0 Å². The largest absolute Gasteiger partial charge is 0.509 e. The molecular weight excluding hydrogens is 244 g/mol. The van der Waals surface area contributed by atoms with Crippen molar-refractivity contribution in [2.75, 3.05) is 6.61 Å². The number of carbonyl (C=O) groups is 1. The molecule has 1 heterocycles. The van der Waals surface area contributed by atoms with E-state index in [1.165, 1.54) is 0 Å². The van der Waals surface area contributed by atoms with E-state index in [1.807, 2.05) is 30.3 Å². The number of carbonyl (C=O) groups excluding carboxylic acids is 1. The van der Waals surface area contributed by atoms with Gasteiger partial charge in [-0.3, -0.25) is 4.99 Å². The van der Waals surface area contributed by atoms with Crippen LogP contribution in [0.15, 0.2) is 46.7 Å². The molecule has 1 aliphatic rings. The van der Waals surface area contributed by atoms with Gasteiger partial charge in [-0.25, -0.2) is 4.79 Å². The Bertz CT molecular complexity index is 535. The number of ether oxygens (including phenoxy) is 1. The molecule has 0 bridgehead atoms. The molecule has 1 aromatic carbocycles. The summed E-state index contributed by atoms with van der Waals surface area (Å²) in [7, 11) is 0. The van der Waals surface area contributed by atoms with E-state index in [1.54, 1.807) is 6.92 Å². The second kappa shape index (κ2) is 5.56. The predicted octanol–water partition coefficient (Wildman–Crippen LogP) is 1.34. The van der Waals surface area contributed by atoms with Gasteiger partial charge in [0.2, 0.25) is 0 Å². The Morgan fingerprint density at radius 1 is 1.42 bits per heavy atom. The van der Waals surface area contributed by atoms with Crippen LogP contribution >= 0.6 is 0 Å². The average Bonchev–Trinajstić information content (AvgIpc) is 2.66. The summed E-state index contributed by atoms with van der Waals surface area (Å²) in [6.45, 7) is 1.92. The van der Waals surface area contributed by atoms with Crippen molar-refractivity contribution in [1.82, 2.24) is 0 Å². The van der Waals surface area contributed by atoms with Crippen LogP contribution < -0.4 is 5.73 Å².